The highest BCUT2D eigenvalue weighted by Gasteiger charge is 2.13. The van der Waals surface area contributed by atoms with E-state index in [-0.39, 0.29) is 16.4 Å². The topological polar surface area (TPSA) is 110 Å². The normalized spacial score (nSPS) is 11.7. The number of nitro benzene ring substituents is 1. The number of nitrogens with zero attached hydrogens (tertiary/aromatic N) is 2. The molecule has 9 heteroatoms. The van der Waals surface area contributed by atoms with Gasteiger partial charge in [0, 0.05) is 28.9 Å². The quantitative estimate of drug-likeness (QED) is 0.199. The summed E-state index contributed by atoms with van der Waals surface area (Å²) in [5.41, 5.74) is 4.31. The summed E-state index contributed by atoms with van der Waals surface area (Å²) in [6.45, 7) is 4.33. The number of carbonyl (C=O) groups excluding carboxylic acids is 1. The molecule has 1 heterocycles. The van der Waals surface area contributed by atoms with Gasteiger partial charge in [0.25, 0.3) is 11.6 Å². The van der Waals surface area contributed by atoms with E-state index < -0.39 is 10.8 Å². The Bertz CT molecular complexity index is 1380. The molecule has 0 aliphatic rings. The molecule has 0 saturated heterocycles. The fourth-order valence-corrected chi connectivity index (χ4v) is 3.62. The Morgan fingerprint density at radius 1 is 1.15 bits per heavy atom. The van der Waals surface area contributed by atoms with Crippen LogP contribution in [0.1, 0.15) is 42.1 Å². The minimum absolute atomic E-state index is 0.0932. The molecule has 3 aromatic carbocycles. The van der Waals surface area contributed by atoms with Gasteiger partial charge in [-0.2, -0.15) is 0 Å². The lowest BCUT2D eigenvalue weighted by molar-refractivity contribution is -0.384. The molecule has 0 bridgehead atoms. The van der Waals surface area contributed by atoms with Crippen molar-refractivity contribution in [1.82, 2.24) is 10.3 Å². The molecule has 1 aromatic heterocycles. The summed E-state index contributed by atoms with van der Waals surface area (Å²) in [6, 6.07) is 18.7. The number of benzene rings is 3. The van der Waals surface area contributed by atoms with E-state index in [2.05, 4.69) is 41.6 Å². The zero-order valence-corrected chi connectivity index (χ0v) is 19.4. The molecule has 0 aliphatic carbocycles. The van der Waals surface area contributed by atoms with Gasteiger partial charge in [-0.15, -0.1) is 0 Å². The maximum Gasteiger partial charge on any atom is 0.269 e. The molecule has 0 radical (unpaired) electrons. The molecule has 0 spiro atoms. The Hall–Kier alpha value is -4.11. The lowest BCUT2D eigenvalue weighted by Crippen LogP contribution is -2.34. The first-order valence-corrected chi connectivity index (χ1v) is 11.1. The standard InChI is InChI=1S/C25H22N4O4S/c1-3-15(2)17-9-12-22-21(14-17)27-24(33-22)18-5-4-6-19(13-18)26-25(34)28-23(30)16-7-10-20(11-8-16)29(31)32/h4-15H,3H2,1-2H3,(H2,26,28,30,34)/t15-/m0/s1. The summed E-state index contributed by atoms with van der Waals surface area (Å²) < 4.78 is 5.94. The number of nitro groups is 1. The minimum atomic E-state index is -0.525. The number of aromatic nitrogens is 1. The van der Waals surface area contributed by atoms with Crippen LogP contribution in [-0.4, -0.2) is 20.9 Å². The summed E-state index contributed by atoms with van der Waals surface area (Å²) in [4.78, 5) is 27.3. The number of fused-ring (bicyclic) bond motifs is 1. The van der Waals surface area contributed by atoms with Crippen LogP contribution in [0.25, 0.3) is 22.6 Å². The monoisotopic (exact) mass is 474 g/mol. The summed E-state index contributed by atoms with van der Waals surface area (Å²) in [5.74, 6) is 0.458. The van der Waals surface area contributed by atoms with Gasteiger partial charge >= 0.3 is 0 Å². The summed E-state index contributed by atoms with van der Waals surface area (Å²) in [7, 11) is 0. The highest BCUT2D eigenvalue weighted by molar-refractivity contribution is 7.80. The van der Waals surface area contributed by atoms with E-state index in [1.807, 2.05) is 24.3 Å². The highest BCUT2D eigenvalue weighted by Crippen LogP contribution is 2.29. The highest BCUT2D eigenvalue weighted by atomic mass is 32.1. The SMILES string of the molecule is CC[C@H](C)c1ccc2oc(-c3cccc(NC(=S)NC(=O)c4ccc([N+](=O)[O-])cc4)c3)nc2c1. The molecule has 34 heavy (non-hydrogen) atoms. The zero-order chi connectivity index (χ0) is 24.2. The van der Waals surface area contributed by atoms with E-state index in [4.69, 9.17) is 16.6 Å². The molecule has 172 valence electrons. The molecule has 0 aliphatic heterocycles. The lowest BCUT2D eigenvalue weighted by Gasteiger charge is -2.10. The van der Waals surface area contributed by atoms with Crippen molar-refractivity contribution in [3.63, 3.8) is 0 Å². The number of hydrogen-bond acceptors (Lipinski definition) is 6. The maximum absolute atomic E-state index is 12.4. The second kappa shape index (κ2) is 9.80. The number of carbonyl (C=O) groups is 1. The van der Waals surface area contributed by atoms with Crippen LogP contribution in [0.5, 0.6) is 0 Å². The maximum atomic E-state index is 12.4. The smallest absolute Gasteiger partial charge is 0.269 e. The Labute approximate surface area is 201 Å². The van der Waals surface area contributed by atoms with Crippen LogP contribution in [0, 0.1) is 10.1 Å². The molecule has 0 unspecified atom stereocenters. The van der Waals surface area contributed by atoms with Crippen LogP contribution in [0.2, 0.25) is 0 Å². The molecule has 1 atom stereocenters. The van der Waals surface area contributed by atoms with Gasteiger partial charge < -0.3 is 9.73 Å². The summed E-state index contributed by atoms with van der Waals surface area (Å²) >= 11 is 5.25. The van der Waals surface area contributed by atoms with Crippen LogP contribution in [0.3, 0.4) is 0 Å². The van der Waals surface area contributed by atoms with Crippen LogP contribution in [-0.2, 0) is 0 Å². The Balaban J connectivity index is 1.46. The third-order valence-electron chi connectivity index (χ3n) is 5.53. The fraction of sp³-hybridized carbons (Fsp3) is 0.160. The molecular weight excluding hydrogens is 452 g/mol. The Morgan fingerprint density at radius 2 is 1.91 bits per heavy atom. The average molecular weight is 475 g/mol. The zero-order valence-electron chi connectivity index (χ0n) is 18.6. The first-order chi connectivity index (χ1) is 16.3. The molecular formula is C25H22N4O4S. The van der Waals surface area contributed by atoms with Crippen LogP contribution in [0.4, 0.5) is 11.4 Å². The van der Waals surface area contributed by atoms with Gasteiger partial charge in [-0.3, -0.25) is 20.2 Å². The molecule has 8 nitrogen and oxygen atoms in total. The van der Waals surface area contributed by atoms with Crippen molar-refractivity contribution >= 4 is 45.7 Å². The minimum Gasteiger partial charge on any atom is -0.436 e. The van der Waals surface area contributed by atoms with Crippen LogP contribution in [0.15, 0.2) is 71.1 Å². The number of thiocarbonyl (C=S) groups is 1. The van der Waals surface area contributed by atoms with Gasteiger partial charge in [-0.25, -0.2) is 4.98 Å². The first-order valence-electron chi connectivity index (χ1n) is 10.7. The van der Waals surface area contributed by atoms with Gasteiger partial charge in [0.1, 0.15) is 5.52 Å². The largest absolute Gasteiger partial charge is 0.436 e. The molecule has 0 fully saturated rings. The number of amides is 1. The van der Waals surface area contributed by atoms with E-state index in [9.17, 15) is 14.9 Å². The van der Waals surface area contributed by atoms with Crippen molar-refractivity contribution in [3.05, 3.63) is 88.0 Å². The predicted molar refractivity (Wildman–Crippen MR) is 135 cm³/mol. The average Bonchev–Trinajstić information content (AvgIpc) is 3.27. The van der Waals surface area contributed by atoms with E-state index in [1.54, 1.807) is 6.07 Å². The molecule has 4 rings (SSSR count). The lowest BCUT2D eigenvalue weighted by atomic mass is 9.98. The van der Waals surface area contributed by atoms with E-state index in [0.717, 1.165) is 17.5 Å². The number of anilines is 1. The number of nitrogens with one attached hydrogen (secondary N) is 2. The first kappa shape index (κ1) is 23.1. The van der Waals surface area contributed by atoms with Gasteiger partial charge in [0.05, 0.1) is 4.92 Å². The molecule has 0 saturated carbocycles. The third-order valence-corrected chi connectivity index (χ3v) is 5.73. The van der Waals surface area contributed by atoms with Crippen molar-refractivity contribution in [1.29, 1.82) is 0 Å². The molecule has 1 amide bonds. The number of rotatable bonds is 6. The van der Waals surface area contributed by atoms with Gasteiger partial charge in [0.15, 0.2) is 10.7 Å². The van der Waals surface area contributed by atoms with Crippen molar-refractivity contribution in [3.8, 4) is 11.5 Å². The second-order valence-electron chi connectivity index (χ2n) is 7.85. The summed E-state index contributed by atoms with van der Waals surface area (Å²) in [6.07, 6.45) is 1.05. The second-order valence-corrected chi connectivity index (χ2v) is 8.26. The van der Waals surface area contributed by atoms with Gasteiger partial charge in [-0.05, 0) is 72.6 Å². The van der Waals surface area contributed by atoms with Crippen molar-refractivity contribution in [2.24, 2.45) is 0 Å². The van der Waals surface area contributed by atoms with Crippen molar-refractivity contribution in [2.45, 2.75) is 26.2 Å². The number of non-ortho nitro benzene ring substituents is 1. The van der Waals surface area contributed by atoms with Crippen LogP contribution < -0.4 is 10.6 Å². The fourth-order valence-electron chi connectivity index (χ4n) is 3.41. The van der Waals surface area contributed by atoms with Crippen LogP contribution >= 0.6 is 12.2 Å². The van der Waals surface area contributed by atoms with E-state index >= 15 is 0 Å². The van der Waals surface area contributed by atoms with E-state index in [1.165, 1.54) is 29.8 Å². The molecule has 2 N–H and O–H groups in total. The van der Waals surface area contributed by atoms with Crippen molar-refractivity contribution < 1.29 is 14.1 Å². The third kappa shape index (κ3) is 5.10. The Morgan fingerprint density at radius 3 is 2.62 bits per heavy atom. The Kier molecular flexibility index (Phi) is 6.65. The number of oxazole rings is 1. The van der Waals surface area contributed by atoms with Gasteiger partial charge in [0.2, 0.25) is 5.89 Å². The summed E-state index contributed by atoms with van der Waals surface area (Å²) in [5, 5.41) is 16.4. The number of hydrogen-bond donors (Lipinski definition) is 2. The van der Waals surface area contributed by atoms with Gasteiger partial charge in [-0.1, -0.05) is 26.0 Å². The molecule has 4 aromatic rings. The predicted octanol–water partition coefficient (Wildman–Crippen LogP) is 6.04. The van der Waals surface area contributed by atoms with E-state index in [0.29, 0.717) is 23.1 Å². The van der Waals surface area contributed by atoms with Crippen molar-refractivity contribution in [2.75, 3.05) is 5.32 Å².